The second-order valence-electron chi connectivity index (χ2n) is 2.45. The first-order chi connectivity index (χ1) is 4.79. The van der Waals surface area contributed by atoms with Crippen molar-refractivity contribution in [3.05, 3.63) is 0 Å². The molecule has 57 valence electrons. The summed E-state index contributed by atoms with van der Waals surface area (Å²) in [7, 11) is 0. The number of amides is 2. The molecule has 1 aliphatic heterocycles. The predicted molar refractivity (Wildman–Crippen MR) is 37.6 cm³/mol. The molecule has 0 aliphatic carbocycles. The van der Waals surface area contributed by atoms with Crippen LogP contribution in [0, 0.1) is 0 Å². The molecule has 0 spiro atoms. The van der Waals surface area contributed by atoms with Gasteiger partial charge in [-0.05, 0) is 12.8 Å². The highest BCUT2D eigenvalue weighted by molar-refractivity contribution is 5.71. The van der Waals surface area contributed by atoms with Gasteiger partial charge < -0.3 is 11.1 Å². The Morgan fingerprint density at radius 3 is 2.60 bits per heavy atom. The Kier molecular flexibility index (Phi) is 2.50. The SMILES string of the molecule is NC(=O)NC1CC[N]CC1. The number of urea groups is 1. The second kappa shape index (κ2) is 3.41. The lowest BCUT2D eigenvalue weighted by molar-refractivity contribution is 0.241. The van der Waals surface area contributed by atoms with Crippen molar-refractivity contribution < 1.29 is 4.79 Å². The van der Waals surface area contributed by atoms with Gasteiger partial charge in [0.05, 0.1) is 0 Å². The molecule has 4 heteroatoms. The molecule has 2 amide bonds. The van der Waals surface area contributed by atoms with Crippen LogP contribution in [0.15, 0.2) is 0 Å². The molecular formula is C6H12N3O. The Bertz CT molecular complexity index is 120. The molecule has 1 fully saturated rings. The molecule has 10 heavy (non-hydrogen) atoms. The van der Waals surface area contributed by atoms with E-state index in [2.05, 4.69) is 10.6 Å². The molecule has 0 aromatic heterocycles. The van der Waals surface area contributed by atoms with Crippen LogP contribution in [0.5, 0.6) is 0 Å². The first kappa shape index (κ1) is 7.34. The first-order valence-electron chi connectivity index (χ1n) is 3.48. The maximum atomic E-state index is 10.3. The zero-order valence-corrected chi connectivity index (χ0v) is 5.84. The van der Waals surface area contributed by atoms with Crippen LogP contribution in [0.25, 0.3) is 0 Å². The Morgan fingerprint density at radius 1 is 1.50 bits per heavy atom. The van der Waals surface area contributed by atoms with Gasteiger partial charge in [-0.25, -0.2) is 10.1 Å². The molecule has 3 N–H and O–H groups in total. The summed E-state index contributed by atoms with van der Waals surface area (Å²) >= 11 is 0. The van der Waals surface area contributed by atoms with E-state index in [1.165, 1.54) is 0 Å². The van der Waals surface area contributed by atoms with Gasteiger partial charge in [-0.2, -0.15) is 0 Å². The number of hydrogen-bond donors (Lipinski definition) is 2. The molecule has 0 aromatic carbocycles. The molecule has 0 aromatic rings. The quantitative estimate of drug-likeness (QED) is 0.505. The Balaban J connectivity index is 2.19. The fraction of sp³-hybridized carbons (Fsp3) is 0.833. The summed E-state index contributed by atoms with van der Waals surface area (Å²) in [4.78, 5) is 10.3. The van der Waals surface area contributed by atoms with Gasteiger partial charge in [0.25, 0.3) is 0 Å². The van der Waals surface area contributed by atoms with E-state index in [1.54, 1.807) is 0 Å². The Morgan fingerprint density at radius 2 is 2.10 bits per heavy atom. The normalized spacial score (nSPS) is 20.4. The average Bonchev–Trinajstić information content (AvgIpc) is 1.88. The van der Waals surface area contributed by atoms with Gasteiger partial charge in [-0.1, -0.05) is 0 Å². The molecule has 0 atom stereocenters. The molecule has 4 nitrogen and oxygen atoms in total. The van der Waals surface area contributed by atoms with E-state index in [-0.39, 0.29) is 6.04 Å². The Hall–Kier alpha value is -0.770. The molecule has 0 bridgehead atoms. The second-order valence-corrected chi connectivity index (χ2v) is 2.45. The van der Waals surface area contributed by atoms with Gasteiger partial charge in [0, 0.05) is 19.1 Å². The third-order valence-corrected chi connectivity index (χ3v) is 1.62. The zero-order chi connectivity index (χ0) is 7.40. The number of piperidine rings is 1. The van der Waals surface area contributed by atoms with E-state index in [4.69, 9.17) is 5.73 Å². The van der Waals surface area contributed by atoms with E-state index >= 15 is 0 Å². The molecule has 0 saturated carbocycles. The first-order valence-corrected chi connectivity index (χ1v) is 3.48. The maximum Gasteiger partial charge on any atom is 0.312 e. The highest BCUT2D eigenvalue weighted by atomic mass is 16.2. The van der Waals surface area contributed by atoms with E-state index < -0.39 is 6.03 Å². The lowest BCUT2D eigenvalue weighted by atomic mass is 10.1. The minimum absolute atomic E-state index is 0.259. The summed E-state index contributed by atoms with van der Waals surface area (Å²) in [6.07, 6.45) is 1.87. The minimum atomic E-state index is -0.424. The maximum absolute atomic E-state index is 10.3. The summed E-state index contributed by atoms with van der Waals surface area (Å²) in [5.41, 5.74) is 4.94. The van der Waals surface area contributed by atoms with Gasteiger partial charge in [-0.15, -0.1) is 0 Å². The van der Waals surface area contributed by atoms with Crippen molar-refractivity contribution in [2.24, 2.45) is 5.73 Å². The number of nitrogens with two attached hydrogens (primary N) is 1. The number of nitrogens with one attached hydrogen (secondary N) is 1. The van der Waals surface area contributed by atoms with Crippen molar-refractivity contribution >= 4 is 6.03 Å². The van der Waals surface area contributed by atoms with Crippen LogP contribution in [-0.4, -0.2) is 25.2 Å². The lowest BCUT2D eigenvalue weighted by Gasteiger charge is -2.21. The highest BCUT2D eigenvalue weighted by Crippen LogP contribution is 2.01. The third kappa shape index (κ3) is 2.23. The van der Waals surface area contributed by atoms with Crippen LogP contribution in [-0.2, 0) is 0 Å². The smallest absolute Gasteiger partial charge is 0.312 e. The topological polar surface area (TPSA) is 69.2 Å². The number of primary amides is 1. The summed E-state index contributed by atoms with van der Waals surface area (Å²) in [6.45, 7) is 1.70. The van der Waals surface area contributed by atoms with Crippen molar-refractivity contribution in [3.8, 4) is 0 Å². The number of hydrogen-bond acceptors (Lipinski definition) is 1. The van der Waals surface area contributed by atoms with Gasteiger partial charge >= 0.3 is 6.03 Å². The monoisotopic (exact) mass is 142 g/mol. The molecule has 1 aliphatic rings. The van der Waals surface area contributed by atoms with Crippen molar-refractivity contribution in [1.29, 1.82) is 0 Å². The van der Waals surface area contributed by atoms with Crippen LogP contribution >= 0.6 is 0 Å². The molecule has 1 heterocycles. The molecule has 1 rings (SSSR count). The van der Waals surface area contributed by atoms with E-state index in [0.717, 1.165) is 25.9 Å². The van der Waals surface area contributed by atoms with E-state index in [9.17, 15) is 4.79 Å². The summed E-state index contributed by atoms with van der Waals surface area (Å²) in [5.74, 6) is 0. The van der Waals surface area contributed by atoms with Gasteiger partial charge in [0.2, 0.25) is 0 Å². The van der Waals surface area contributed by atoms with Crippen LogP contribution in [0.4, 0.5) is 4.79 Å². The number of rotatable bonds is 1. The van der Waals surface area contributed by atoms with Crippen LogP contribution in [0.3, 0.4) is 0 Å². The number of carbonyl (C=O) groups is 1. The van der Waals surface area contributed by atoms with Crippen molar-refractivity contribution in [2.45, 2.75) is 18.9 Å². The van der Waals surface area contributed by atoms with Crippen LogP contribution in [0.2, 0.25) is 0 Å². The molecule has 0 unspecified atom stereocenters. The lowest BCUT2D eigenvalue weighted by Crippen LogP contribution is -2.43. The van der Waals surface area contributed by atoms with Crippen molar-refractivity contribution in [2.75, 3.05) is 13.1 Å². The third-order valence-electron chi connectivity index (χ3n) is 1.62. The largest absolute Gasteiger partial charge is 0.352 e. The average molecular weight is 142 g/mol. The summed E-state index contributed by atoms with van der Waals surface area (Å²) in [5, 5.41) is 6.80. The van der Waals surface area contributed by atoms with Gasteiger partial charge in [0.15, 0.2) is 0 Å². The standard InChI is InChI=1S/C6H12N3O/c7-6(10)9-5-1-3-8-4-2-5/h5H,1-4H2,(H3,7,9,10). The van der Waals surface area contributed by atoms with Crippen LogP contribution < -0.4 is 16.4 Å². The fourth-order valence-electron chi connectivity index (χ4n) is 1.10. The van der Waals surface area contributed by atoms with Crippen LogP contribution in [0.1, 0.15) is 12.8 Å². The van der Waals surface area contributed by atoms with E-state index in [0.29, 0.717) is 0 Å². The molecule has 1 radical (unpaired) electrons. The number of carbonyl (C=O) groups excluding carboxylic acids is 1. The summed E-state index contributed by atoms with van der Waals surface area (Å²) in [6, 6.07) is -0.165. The van der Waals surface area contributed by atoms with E-state index in [1.807, 2.05) is 0 Å². The van der Waals surface area contributed by atoms with Crippen molar-refractivity contribution in [1.82, 2.24) is 10.6 Å². The van der Waals surface area contributed by atoms with Gasteiger partial charge in [0.1, 0.15) is 0 Å². The molecular weight excluding hydrogens is 130 g/mol. The zero-order valence-electron chi connectivity index (χ0n) is 5.84. The fourth-order valence-corrected chi connectivity index (χ4v) is 1.10. The van der Waals surface area contributed by atoms with Gasteiger partial charge in [-0.3, -0.25) is 0 Å². The minimum Gasteiger partial charge on any atom is -0.352 e. The van der Waals surface area contributed by atoms with Crippen molar-refractivity contribution in [3.63, 3.8) is 0 Å². The molecule has 1 saturated heterocycles. The Labute approximate surface area is 60.2 Å². The summed E-state index contributed by atoms with van der Waals surface area (Å²) < 4.78 is 0. The highest BCUT2D eigenvalue weighted by Gasteiger charge is 2.13. The number of nitrogens with zero attached hydrogens (tertiary/aromatic N) is 1. The predicted octanol–water partition coefficient (Wildman–Crippen LogP) is -0.579.